The molecule has 1 aromatic heterocycles. The first-order chi connectivity index (χ1) is 16.0. The van der Waals surface area contributed by atoms with Gasteiger partial charge < -0.3 is 5.32 Å². The van der Waals surface area contributed by atoms with Crippen LogP contribution >= 0.6 is 11.3 Å². The Morgan fingerprint density at radius 3 is 2.36 bits per heavy atom. The van der Waals surface area contributed by atoms with Crippen molar-refractivity contribution in [2.24, 2.45) is 0 Å². The van der Waals surface area contributed by atoms with Crippen LogP contribution < -0.4 is 10.2 Å². The maximum absolute atomic E-state index is 13.6. The summed E-state index contributed by atoms with van der Waals surface area (Å²) in [6.45, 7) is 4.01. The minimum Gasteiger partial charge on any atom is -0.349 e. The van der Waals surface area contributed by atoms with E-state index in [1.54, 1.807) is 4.90 Å². The highest BCUT2D eigenvalue weighted by Gasteiger charge is 2.24. The highest BCUT2D eigenvalue weighted by Crippen LogP contribution is 2.30. The van der Waals surface area contributed by atoms with E-state index in [9.17, 15) is 9.59 Å². The molecule has 0 aliphatic heterocycles. The lowest BCUT2D eigenvalue weighted by molar-refractivity contribution is -0.121. The van der Waals surface area contributed by atoms with Crippen LogP contribution in [0, 0.1) is 6.92 Å². The first-order valence-electron chi connectivity index (χ1n) is 11.0. The first-order valence-corrected chi connectivity index (χ1v) is 11.8. The summed E-state index contributed by atoms with van der Waals surface area (Å²) < 4.78 is 1.04. The number of benzene rings is 3. The van der Waals surface area contributed by atoms with E-state index in [0.29, 0.717) is 11.7 Å². The van der Waals surface area contributed by atoms with Crippen molar-refractivity contribution in [3.63, 3.8) is 0 Å². The molecule has 33 heavy (non-hydrogen) atoms. The predicted molar refractivity (Wildman–Crippen MR) is 134 cm³/mol. The van der Waals surface area contributed by atoms with Crippen LogP contribution in [-0.2, 0) is 16.0 Å². The van der Waals surface area contributed by atoms with Crippen molar-refractivity contribution in [2.45, 2.75) is 32.7 Å². The number of aromatic nitrogens is 1. The fourth-order valence-corrected chi connectivity index (χ4v) is 4.78. The minimum absolute atomic E-state index is 0.0655. The number of carbonyl (C=O) groups is 2. The van der Waals surface area contributed by atoms with Crippen molar-refractivity contribution in [3.8, 4) is 0 Å². The third-order valence-electron chi connectivity index (χ3n) is 5.52. The summed E-state index contributed by atoms with van der Waals surface area (Å²) in [6, 6.07) is 25.5. The quantitative estimate of drug-likeness (QED) is 0.383. The van der Waals surface area contributed by atoms with Gasteiger partial charge in [-0.25, -0.2) is 4.98 Å². The standard InChI is InChI=1S/C27H27N3O2S/c1-19-12-14-22(15-13-19)24(28-20(2)31)18-26(32)30(17-16-21-8-4-3-5-9-21)27-29-23-10-6-7-11-25(23)33-27/h3-15,24H,16-18H2,1-2H3,(H,28,31). The van der Waals surface area contributed by atoms with E-state index in [0.717, 1.165) is 33.3 Å². The number of nitrogens with one attached hydrogen (secondary N) is 1. The number of hydrogen-bond donors (Lipinski definition) is 1. The second-order valence-corrected chi connectivity index (χ2v) is 9.12. The lowest BCUT2D eigenvalue weighted by Gasteiger charge is -2.24. The SMILES string of the molecule is CC(=O)NC(CC(=O)N(CCc1ccccc1)c1nc2ccccc2s1)c1ccc(C)cc1. The molecule has 4 rings (SSSR count). The number of thiazole rings is 1. The topological polar surface area (TPSA) is 62.3 Å². The Hall–Kier alpha value is -3.51. The smallest absolute Gasteiger partial charge is 0.231 e. The van der Waals surface area contributed by atoms with Crippen LogP contribution in [0.1, 0.15) is 36.1 Å². The number of hydrogen-bond acceptors (Lipinski definition) is 4. The molecule has 0 aliphatic carbocycles. The molecule has 0 radical (unpaired) electrons. The van der Waals surface area contributed by atoms with E-state index in [4.69, 9.17) is 4.98 Å². The molecule has 0 fully saturated rings. The molecule has 6 heteroatoms. The number of carbonyl (C=O) groups excluding carboxylic acids is 2. The van der Waals surface area contributed by atoms with Crippen LogP contribution in [0.3, 0.4) is 0 Å². The molecule has 0 spiro atoms. The molecule has 4 aromatic rings. The largest absolute Gasteiger partial charge is 0.349 e. The number of amides is 2. The van der Waals surface area contributed by atoms with Gasteiger partial charge in [-0.3, -0.25) is 14.5 Å². The van der Waals surface area contributed by atoms with Crippen molar-refractivity contribution in [2.75, 3.05) is 11.4 Å². The highest BCUT2D eigenvalue weighted by molar-refractivity contribution is 7.22. The summed E-state index contributed by atoms with van der Waals surface area (Å²) >= 11 is 1.51. The van der Waals surface area contributed by atoms with Crippen LogP contribution in [0.15, 0.2) is 78.9 Å². The van der Waals surface area contributed by atoms with Crippen LogP contribution in [0.5, 0.6) is 0 Å². The molecule has 1 heterocycles. The van der Waals surface area contributed by atoms with Gasteiger partial charge in [-0.2, -0.15) is 0 Å². The van der Waals surface area contributed by atoms with E-state index in [1.807, 2.05) is 73.7 Å². The van der Waals surface area contributed by atoms with Gasteiger partial charge in [0.25, 0.3) is 0 Å². The summed E-state index contributed by atoms with van der Waals surface area (Å²) in [6.07, 6.45) is 0.880. The molecular weight excluding hydrogens is 430 g/mol. The molecule has 5 nitrogen and oxygen atoms in total. The molecule has 168 valence electrons. The summed E-state index contributed by atoms with van der Waals surface area (Å²) in [7, 11) is 0. The third-order valence-corrected chi connectivity index (χ3v) is 6.58. The van der Waals surface area contributed by atoms with Crippen molar-refractivity contribution in [3.05, 3.63) is 95.6 Å². The molecular formula is C27H27N3O2S. The van der Waals surface area contributed by atoms with Gasteiger partial charge in [0.05, 0.1) is 22.7 Å². The fourth-order valence-electron chi connectivity index (χ4n) is 3.77. The van der Waals surface area contributed by atoms with Gasteiger partial charge in [-0.15, -0.1) is 0 Å². The van der Waals surface area contributed by atoms with Crippen molar-refractivity contribution >= 4 is 38.5 Å². The van der Waals surface area contributed by atoms with Gasteiger partial charge in [-0.1, -0.05) is 83.6 Å². The van der Waals surface area contributed by atoms with E-state index < -0.39 is 6.04 Å². The molecule has 0 aliphatic rings. The van der Waals surface area contributed by atoms with Crippen molar-refractivity contribution in [1.82, 2.24) is 10.3 Å². The van der Waals surface area contributed by atoms with Gasteiger partial charge in [0, 0.05) is 13.5 Å². The van der Waals surface area contributed by atoms with Gasteiger partial charge in [0.15, 0.2) is 5.13 Å². The molecule has 0 bridgehead atoms. The third kappa shape index (κ3) is 5.84. The summed E-state index contributed by atoms with van der Waals surface area (Å²) in [4.78, 5) is 32.0. The Morgan fingerprint density at radius 1 is 0.970 bits per heavy atom. The van der Waals surface area contributed by atoms with Crippen LogP contribution in [-0.4, -0.2) is 23.3 Å². The van der Waals surface area contributed by atoms with Crippen LogP contribution in [0.25, 0.3) is 10.2 Å². The number of fused-ring (bicyclic) bond motifs is 1. The lowest BCUT2D eigenvalue weighted by atomic mass is 10.0. The minimum atomic E-state index is -0.399. The van der Waals surface area contributed by atoms with Crippen molar-refractivity contribution in [1.29, 1.82) is 0 Å². The van der Waals surface area contributed by atoms with Gasteiger partial charge in [-0.05, 0) is 36.6 Å². The van der Waals surface area contributed by atoms with Gasteiger partial charge in [0.2, 0.25) is 11.8 Å². The molecule has 1 unspecified atom stereocenters. The Balaban J connectivity index is 1.61. The molecule has 1 atom stereocenters. The maximum Gasteiger partial charge on any atom is 0.231 e. The van der Waals surface area contributed by atoms with Gasteiger partial charge in [0.1, 0.15) is 0 Å². The zero-order valence-electron chi connectivity index (χ0n) is 18.8. The van der Waals surface area contributed by atoms with Gasteiger partial charge >= 0.3 is 0 Å². The summed E-state index contributed by atoms with van der Waals surface area (Å²) in [5.41, 5.74) is 4.09. The number of aryl methyl sites for hydroxylation is 1. The predicted octanol–water partition coefficient (Wildman–Crippen LogP) is 5.45. The van der Waals surface area contributed by atoms with E-state index in [2.05, 4.69) is 17.4 Å². The Morgan fingerprint density at radius 2 is 1.67 bits per heavy atom. The van der Waals surface area contributed by atoms with E-state index in [-0.39, 0.29) is 18.2 Å². The Labute approximate surface area is 198 Å². The van der Waals surface area contributed by atoms with Crippen LogP contribution in [0.2, 0.25) is 0 Å². The second-order valence-electron chi connectivity index (χ2n) is 8.11. The number of para-hydroxylation sites is 1. The molecule has 1 N–H and O–H groups in total. The average molecular weight is 458 g/mol. The number of nitrogens with zero attached hydrogens (tertiary/aromatic N) is 2. The van der Waals surface area contributed by atoms with Crippen molar-refractivity contribution < 1.29 is 9.59 Å². The Kier molecular flexibility index (Phi) is 7.15. The first kappa shape index (κ1) is 22.7. The molecule has 2 amide bonds. The average Bonchev–Trinajstić information content (AvgIpc) is 3.23. The second kappa shape index (κ2) is 10.4. The summed E-state index contributed by atoms with van der Waals surface area (Å²) in [5.74, 6) is -0.228. The number of rotatable bonds is 8. The summed E-state index contributed by atoms with van der Waals surface area (Å²) in [5, 5.41) is 3.63. The maximum atomic E-state index is 13.6. The van der Waals surface area contributed by atoms with E-state index >= 15 is 0 Å². The number of anilines is 1. The molecule has 0 saturated carbocycles. The lowest BCUT2D eigenvalue weighted by Crippen LogP contribution is -2.37. The molecule has 0 saturated heterocycles. The normalized spacial score (nSPS) is 11.8. The highest BCUT2D eigenvalue weighted by atomic mass is 32.1. The fraction of sp³-hybridized carbons (Fsp3) is 0.222. The monoisotopic (exact) mass is 457 g/mol. The van der Waals surface area contributed by atoms with E-state index in [1.165, 1.54) is 18.3 Å². The molecule has 3 aromatic carbocycles. The Bertz CT molecular complexity index is 1200. The zero-order chi connectivity index (χ0) is 23.2. The zero-order valence-corrected chi connectivity index (χ0v) is 19.6. The van der Waals surface area contributed by atoms with Crippen LogP contribution in [0.4, 0.5) is 5.13 Å².